The number of nitrogen functional groups attached to an aromatic ring is 1. The molecule has 2 rings (SSSR count). The Balaban J connectivity index is 2.45. The number of carbonyl (C=O) groups is 1. The van der Waals surface area contributed by atoms with Gasteiger partial charge in [-0.05, 0) is 30.0 Å². The van der Waals surface area contributed by atoms with Gasteiger partial charge in [0, 0.05) is 18.7 Å². The summed E-state index contributed by atoms with van der Waals surface area (Å²) in [4.78, 5) is 10.9. The van der Waals surface area contributed by atoms with Crippen LogP contribution in [0.3, 0.4) is 0 Å². The third-order valence-electron chi connectivity index (χ3n) is 2.91. The molecule has 1 amide bonds. The third kappa shape index (κ3) is 2.11. The zero-order chi connectivity index (χ0) is 12.4. The average Bonchev–Trinajstić information content (AvgIpc) is 2.69. The van der Waals surface area contributed by atoms with E-state index in [1.165, 1.54) is 12.5 Å². The summed E-state index contributed by atoms with van der Waals surface area (Å²) in [7, 11) is 1.61. The molecule has 0 saturated heterocycles. The number of methoxy groups -OCH3 is 1. The number of nitrogens with two attached hydrogens (primary N) is 1. The lowest BCUT2D eigenvalue weighted by Crippen LogP contribution is -2.12. The van der Waals surface area contributed by atoms with Crippen LogP contribution in [-0.2, 0) is 11.2 Å². The maximum Gasteiger partial charge on any atom is 0.220 e. The zero-order valence-corrected chi connectivity index (χ0v) is 10.0. The third-order valence-corrected chi connectivity index (χ3v) is 2.91. The number of fused-ring (bicyclic) bond motifs is 1. The van der Waals surface area contributed by atoms with E-state index < -0.39 is 0 Å². The Hall–Kier alpha value is -1.97. The molecule has 0 unspecified atom stereocenters. The summed E-state index contributed by atoms with van der Waals surface area (Å²) in [6.07, 6.45) is 3.60. The van der Waals surface area contributed by atoms with Gasteiger partial charge in [0.05, 0.1) is 12.8 Å². The number of ether oxygens (including phenoxy) is 1. The highest BCUT2D eigenvalue weighted by atomic mass is 16.5. The van der Waals surface area contributed by atoms with E-state index in [0.717, 1.165) is 24.0 Å². The fourth-order valence-corrected chi connectivity index (χ4v) is 2.15. The molecule has 1 aliphatic carbocycles. The van der Waals surface area contributed by atoms with Crippen molar-refractivity contribution in [1.29, 1.82) is 0 Å². The van der Waals surface area contributed by atoms with Crippen LogP contribution in [0.5, 0.6) is 5.75 Å². The van der Waals surface area contributed by atoms with E-state index in [2.05, 4.69) is 5.32 Å². The largest absolute Gasteiger partial charge is 0.494 e. The summed E-state index contributed by atoms with van der Waals surface area (Å²) >= 11 is 0. The number of amides is 1. The Labute approximate surface area is 100 Å². The summed E-state index contributed by atoms with van der Waals surface area (Å²) in [6.45, 7) is 1.49. The highest BCUT2D eigenvalue weighted by molar-refractivity contribution is 5.83. The molecule has 1 aliphatic rings. The Bertz CT molecular complexity index is 492. The van der Waals surface area contributed by atoms with Crippen molar-refractivity contribution >= 4 is 17.2 Å². The van der Waals surface area contributed by atoms with Gasteiger partial charge in [-0.3, -0.25) is 4.79 Å². The average molecular weight is 232 g/mol. The monoisotopic (exact) mass is 232 g/mol. The number of hydrogen-bond acceptors (Lipinski definition) is 3. The van der Waals surface area contributed by atoms with Crippen molar-refractivity contribution in [1.82, 2.24) is 5.32 Å². The van der Waals surface area contributed by atoms with Gasteiger partial charge in [0.25, 0.3) is 0 Å². The minimum Gasteiger partial charge on any atom is -0.494 e. The second-order valence-electron chi connectivity index (χ2n) is 4.09. The summed E-state index contributed by atoms with van der Waals surface area (Å²) in [6, 6.07) is 3.88. The first kappa shape index (κ1) is 11.5. The van der Waals surface area contributed by atoms with Crippen LogP contribution in [0.1, 0.15) is 24.5 Å². The van der Waals surface area contributed by atoms with Crippen LogP contribution in [0.25, 0.3) is 5.57 Å². The van der Waals surface area contributed by atoms with E-state index in [1.54, 1.807) is 13.3 Å². The molecule has 0 radical (unpaired) electrons. The SMILES string of the molecule is COc1c(N)ccc2c1/C(=C/NC(C)=O)CC2. The van der Waals surface area contributed by atoms with Gasteiger partial charge >= 0.3 is 0 Å². The van der Waals surface area contributed by atoms with Gasteiger partial charge in [-0.15, -0.1) is 0 Å². The maximum atomic E-state index is 10.9. The number of benzene rings is 1. The number of nitrogens with one attached hydrogen (secondary N) is 1. The van der Waals surface area contributed by atoms with Crippen LogP contribution in [0, 0.1) is 0 Å². The Morgan fingerprint density at radius 3 is 2.88 bits per heavy atom. The van der Waals surface area contributed by atoms with Crippen LogP contribution in [0.15, 0.2) is 18.3 Å². The normalized spacial score (nSPS) is 15.8. The highest BCUT2D eigenvalue weighted by Crippen LogP contribution is 2.41. The van der Waals surface area contributed by atoms with Gasteiger partial charge in [0.2, 0.25) is 5.91 Å². The molecular formula is C13H16N2O2. The Morgan fingerprint density at radius 1 is 1.47 bits per heavy atom. The van der Waals surface area contributed by atoms with E-state index in [-0.39, 0.29) is 5.91 Å². The minimum absolute atomic E-state index is 0.0752. The molecule has 0 saturated carbocycles. The molecule has 90 valence electrons. The molecule has 0 aromatic heterocycles. The van der Waals surface area contributed by atoms with Gasteiger partial charge < -0.3 is 15.8 Å². The standard InChI is InChI=1S/C13H16N2O2/c1-8(16)15-7-10-4-3-9-5-6-11(14)13(17-2)12(9)10/h5-7H,3-4,14H2,1-2H3,(H,15,16)/b10-7+. The van der Waals surface area contributed by atoms with Crippen LogP contribution in [-0.4, -0.2) is 13.0 Å². The van der Waals surface area contributed by atoms with Gasteiger partial charge in [0.1, 0.15) is 5.75 Å². The number of anilines is 1. The minimum atomic E-state index is -0.0752. The lowest BCUT2D eigenvalue weighted by Gasteiger charge is -2.11. The summed E-state index contributed by atoms with van der Waals surface area (Å²) in [5.41, 5.74) is 9.82. The molecule has 0 bridgehead atoms. The van der Waals surface area contributed by atoms with Gasteiger partial charge in [-0.2, -0.15) is 0 Å². The number of rotatable bonds is 2. The number of allylic oxidation sites excluding steroid dienone is 1. The second-order valence-corrected chi connectivity index (χ2v) is 4.09. The predicted molar refractivity (Wildman–Crippen MR) is 67.5 cm³/mol. The first-order chi connectivity index (χ1) is 8.13. The quantitative estimate of drug-likeness (QED) is 0.763. The van der Waals surface area contributed by atoms with Crippen molar-refractivity contribution in [3.8, 4) is 5.75 Å². The van der Waals surface area contributed by atoms with E-state index in [1.807, 2.05) is 12.1 Å². The molecule has 17 heavy (non-hydrogen) atoms. The lowest BCUT2D eigenvalue weighted by molar-refractivity contribution is -0.118. The van der Waals surface area contributed by atoms with Gasteiger partial charge in [-0.25, -0.2) is 0 Å². The molecule has 4 nitrogen and oxygen atoms in total. The predicted octanol–water partition coefficient (Wildman–Crippen LogP) is 1.70. The molecule has 1 aromatic carbocycles. The Kier molecular flexibility index (Phi) is 3.04. The van der Waals surface area contributed by atoms with Crippen LogP contribution in [0.2, 0.25) is 0 Å². The highest BCUT2D eigenvalue weighted by Gasteiger charge is 2.22. The molecule has 0 heterocycles. The molecule has 4 heteroatoms. The number of hydrogen-bond donors (Lipinski definition) is 2. The molecule has 1 aromatic rings. The van der Waals surface area contributed by atoms with E-state index in [0.29, 0.717) is 11.4 Å². The van der Waals surface area contributed by atoms with Crippen molar-refractivity contribution in [2.24, 2.45) is 0 Å². The van der Waals surface area contributed by atoms with Crippen molar-refractivity contribution in [2.45, 2.75) is 19.8 Å². The summed E-state index contributed by atoms with van der Waals surface area (Å²) in [5, 5.41) is 2.70. The van der Waals surface area contributed by atoms with Crippen molar-refractivity contribution < 1.29 is 9.53 Å². The van der Waals surface area contributed by atoms with Crippen molar-refractivity contribution in [3.05, 3.63) is 29.5 Å². The van der Waals surface area contributed by atoms with E-state index >= 15 is 0 Å². The molecule has 3 N–H and O–H groups in total. The summed E-state index contributed by atoms with van der Waals surface area (Å²) < 4.78 is 5.35. The van der Waals surface area contributed by atoms with Gasteiger partial charge in [0.15, 0.2) is 0 Å². The molecule has 0 atom stereocenters. The molecular weight excluding hydrogens is 216 g/mol. The van der Waals surface area contributed by atoms with Crippen molar-refractivity contribution in [3.63, 3.8) is 0 Å². The van der Waals surface area contributed by atoms with Gasteiger partial charge in [-0.1, -0.05) is 6.07 Å². The van der Waals surface area contributed by atoms with Crippen LogP contribution in [0.4, 0.5) is 5.69 Å². The second kappa shape index (κ2) is 4.49. The zero-order valence-electron chi connectivity index (χ0n) is 10.0. The van der Waals surface area contributed by atoms with Crippen molar-refractivity contribution in [2.75, 3.05) is 12.8 Å². The summed E-state index contributed by atoms with van der Waals surface area (Å²) in [5.74, 6) is 0.630. The van der Waals surface area contributed by atoms with E-state index in [9.17, 15) is 4.79 Å². The number of aryl methyl sites for hydroxylation is 1. The Morgan fingerprint density at radius 2 is 2.24 bits per heavy atom. The fraction of sp³-hybridized carbons (Fsp3) is 0.308. The first-order valence-corrected chi connectivity index (χ1v) is 5.55. The lowest BCUT2D eigenvalue weighted by atomic mass is 10.1. The number of carbonyl (C=O) groups excluding carboxylic acids is 1. The maximum absolute atomic E-state index is 10.9. The molecule has 0 spiro atoms. The molecule has 0 aliphatic heterocycles. The smallest absolute Gasteiger partial charge is 0.220 e. The van der Waals surface area contributed by atoms with Crippen LogP contribution >= 0.6 is 0 Å². The fourth-order valence-electron chi connectivity index (χ4n) is 2.15. The molecule has 0 fully saturated rings. The topological polar surface area (TPSA) is 64.3 Å². The van der Waals surface area contributed by atoms with E-state index in [4.69, 9.17) is 10.5 Å². The first-order valence-electron chi connectivity index (χ1n) is 5.55. The van der Waals surface area contributed by atoms with Crippen LogP contribution < -0.4 is 15.8 Å².